The van der Waals surface area contributed by atoms with Crippen molar-refractivity contribution >= 4 is 39.8 Å². The van der Waals surface area contributed by atoms with Crippen molar-refractivity contribution in [2.45, 2.75) is 83.5 Å². The summed E-state index contributed by atoms with van der Waals surface area (Å²) in [4.78, 5) is 41.5. The summed E-state index contributed by atoms with van der Waals surface area (Å²) in [5, 5.41) is 2.82. The van der Waals surface area contributed by atoms with Crippen LogP contribution in [0.2, 0.25) is 0 Å². The van der Waals surface area contributed by atoms with E-state index in [0.717, 1.165) is 18.6 Å². The van der Waals surface area contributed by atoms with Crippen LogP contribution in [0.4, 0.5) is 19.5 Å². The lowest BCUT2D eigenvalue weighted by Crippen LogP contribution is -3.00. The SMILES string of the molecule is C[S+](C)CC[C@H](NC(=O)OC(C)(C)C)C(=O)CC1CCC(Oc2cc(-n3c(C(F)F)nc4ccccc43)nc(N3CCOCC3)n2)CC1.[I-]. The maximum atomic E-state index is 14.2. The molecule has 1 saturated heterocycles. The molecule has 1 atom stereocenters. The Hall–Kier alpha value is -2.79. The van der Waals surface area contributed by atoms with Crippen molar-refractivity contribution in [2.75, 3.05) is 49.5 Å². The number of hydrogen-bond donors (Lipinski definition) is 1. The van der Waals surface area contributed by atoms with Crippen molar-refractivity contribution in [1.29, 1.82) is 0 Å². The number of halogens is 3. The number of ether oxygens (including phenoxy) is 3. The summed E-state index contributed by atoms with van der Waals surface area (Å²) >= 11 is 0. The van der Waals surface area contributed by atoms with E-state index in [1.165, 1.54) is 4.57 Å². The first kappa shape index (κ1) is 39.0. The predicted molar refractivity (Wildman–Crippen MR) is 183 cm³/mol. The monoisotopic (exact) mass is 816 g/mol. The minimum atomic E-state index is -2.81. The highest BCUT2D eigenvalue weighted by atomic mass is 127. The summed E-state index contributed by atoms with van der Waals surface area (Å²) in [6, 6.07) is 7.99. The zero-order chi connectivity index (χ0) is 34.4. The fourth-order valence-electron chi connectivity index (χ4n) is 6.08. The molecule has 5 rings (SSSR count). The Kier molecular flexibility index (Phi) is 13.9. The van der Waals surface area contributed by atoms with Gasteiger partial charge < -0.3 is 48.4 Å². The molecule has 2 aromatic heterocycles. The van der Waals surface area contributed by atoms with E-state index in [2.05, 4.69) is 22.8 Å². The Labute approximate surface area is 306 Å². The number of alkyl carbamates (subject to hydrolysis) is 1. The molecule has 1 amide bonds. The van der Waals surface area contributed by atoms with Gasteiger partial charge in [0.05, 0.1) is 42.8 Å². The molecule has 11 nitrogen and oxygen atoms in total. The van der Waals surface area contributed by atoms with Crippen LogP contribution in [0.25, 0.3) is 16.9 Å². The molecule has 270 valence electrons. The van der Waals surface area contributed by atoms with Crippen molar-refractivity contribution in [2.24, 2.45) is 5.92 Å². The lowest BCUT2D eigenvalue weighted by Gasteiger charge is -2.30. The Bertz CT molecular complexity index is 1560. The highest BCUT2D eigenvalue weighted by molar-refractivity contribution is 7.95. The minimum Gasteiger partial charge on any atom is -1.00 e. The molecule has 15 heteroatoms. The molecule has 1 aliphatic carbocycles. The second kappa shape index (κ2) is 17.4. The third-order valence-corrected chi connectivity index (χ3v) is 9.50. The molecule has 3 aromatic rings. The van der Waals surface area contributed by atoms with E-state index in [0.29, 0.717) is 74.8 Å². The van der Waals surface area contributed by atoms with E-state index in [1.807, 2.05) is 4.90 Å². The summed E-state index contributed by atoms with van der Waals surface area (Å²) in [6.07, 6.45) is 4.60. The van der Waals surface area contributed by atoms with Crippen LogP contribution in [0.5, 0.6) is 5.88 Å². The van der Waals surface area contributed by atoms with Gasteiger partial charge in [-0.05, 0) is 75.4 Å². The lowest BCUT2D eigenvalue weighted by atomic mass is 9.83. The molecule has 1 aromatic carbocycles. The largest absolute Gasteiger partial charge is 1.00 e. The number of aromatic nitrogens is 4. The molecule has 2 fully saturated rings. The lowest BCUT2D eigenvalue weighted by molar-refractivity contribution is -0.122. The van der Waals surface area contributed by atoms with Crippen LogP contribution >= 0.6 is 0 Å². The van der Waals surface area contributed by atoms with E-state index in [1.54, 1.807) is 51.1 Å². The summed E-state index contributed by atoms with van der Waals surface area (Å²) in [5.74, 6) is 1.57. The summed E-state index contributed by atoms with van der Waals surface area (Å²) in [6.45, 7) is 7.54. The van der Waals surface area contributed by atoms with Crippen LogP contribution in [-0.2, 0) is 25.2 Å². The van der Waals surface area contributed by atoms with Gasteiger partial charge in [0.1, 0.15) is 23.3 Å². The van der Waals surface area contributed by atoms with E-state index in [9.17, 15) is 18.4 Å². The average molecular weight is 817 g/mol. The fourth-order valence-corrected chi connectivity index (χ4v) is 6.79. The number of Topliss-reactive ketones (excluding diaryl/α,β-unsaturated/α-hetero) is 1. The van der Waals surface area contributed by atoms with Crippen molar-refractivity contribution in [3.8, 4) is 11.7 Å². The molecule has 3 heterocycles. The van der Waals surface area contributed by atoms with Crippen LogP contribution in [-0.4, -0.2) is 93.7 Å². The maximum Gasteiger partial charge on any atom is 0.408 e. The number of morpholine rings is 1. The predicted octanol–water partition coefficient (Wildman–Crippen LogP) is 2.65. The summed E-state index contributed by atoms with van der Waals surface area (Å²) in [5.41, 5.74) is 0.313. The number of benzene rings is 1. The summed E-state index contributed by atoms with van der Waals surface area (Å²) in [7, 11) is 0.134. The van der Waals surface area contributed by atoms with Crippen LogP contribution in [0, 0.1) is 5.92 Å². The molecule has 0 radical (unpaired) electrons. The van der Waals surface area contributed by atoms with Crippen LogP contribution in [0.3, 0.4) is 0 Å². The second-order valence-electron chi connectivity index (χ2n) is 13.7. The van der Waals surface area contributed by atoms with E-state index in [-0.39, 0.29) is 58.5 Å². The first-order valence-corrected chi connectivity index (χ1v) is 18.8. The number of anilines is 1. The van der Waals surface area contributed by atoms with Gasteiger partial charge >= 0.3 is 6.09 Å². The molecule has 0 unspecified atom stereocenters. The number of carbonyl (C=O) groups excluding carboxylic acids is 2. The molecular weight excluding hydrogens is 769 g/mol. The summed E-state index contributed by atoms with van der Waals surface area (Å²) < 4.78 is 47.2. The normalized spacial score (nSPS) is 19.1. The fraction of sp³-hybridized carbons (Fsp3) is 0.618. The maximum absolute atomic E-state index is 14.2. The number of rotatable bonds is 12. The molecule has 49 heavy (non-hydrogen) atoms. The number of imidazole rings is 1. The number of para-hydroxylation sites is 2. The number of carbonyl (C=O) groups is 2. The van der Waals surface area contributed by atoms with Gasteiger partial charge in [0.2, 0.25) is 11.8 Å². The van der Waals surface area contributed by atoms with Crippen molar-refractivity contribution in [3.63, 3.8) is 0 Å². The van der Waals surface area contributed by atoms with Crippen molar-refractivity contribution < 1.29 is 56.6 Å². The highest BCUT2D eigenvalue weighted by Gasteiger charge is 2.31. The number of amides is 1. The van der Waals surface area contributed by atoms with E-state index in [4.69, 9.17) is 24.2 Å². The Balaban J connectivity index is 0.00000541. The van der Waals surface area contributed by atoms with Gasteiger partial charge in [-0.3, -0.25) is 9.36 Å². The first-order valence-electron chi connectivity index (χ1n) is 16.6. The first-order chi connectivity index (χ1) is 22.9. The topological polar surface area (TPSA) is 121 Å². The molecular formula is C34H47F2IN6O5S. The number of nitrogens with one attached hydrogen (secondary N) is 1. The molecule has 0 spiro atoms. The highest BCUT2D eigenvalue weighted by Crippen LogP contribution is 2.33. The van der Waals surface area contributed by atoms with Gasteiger partial charge in [-0.2, -0.15) is 9.97 Å². The van der Waals surface area contributed by atoms with Gasteiger partial charge in [-0.15, -0.1) is 0 Å². The van der Waals surface area contributed by atoms with Gasteiger partial charge in [0.25, 0.3) is 6.43 Å². The molecule has 2 aliphatic rings. The Morgan fingerprint density at radius 1 is 1.06 bits per heavy atom. The van der Waals surface area contributed by atoms with Gasteiger partial charge in [0.15, 0.2) is 11.6 Å². The Morgan fingerprint density at radius 2 is 1.76 bits per heavy atom. The van der Waals surface area contributed by atoms with Crippen LogP contribution in [0.15, 0.2) is 30.3 Å². The number of ketones is 1. The van der Waals surface area contributed by atoms with Crippen molar-refractivity contribution in [3.05, 3.63) is 36.2 Å². The van der Waals surface area contributed by atoms with E-state index < -0.39 is 30.0 Å². The zero-order valence-electron chi connectivity index (χ0n) is 28.8. The molecule has 1 saturated carbocycles. The smallest absolute Gasteiger partial charge is 0.408 e. The standard InChI is InChI=1S/C34H46F2N6O5S.HI/c1-34(2,3)47-33(44)38-25(14-19-48(4)5)27(43)20-22-10-12-23(13-11-22)46-29-21-28(39-32(40-29)41-15-17-45-18-16-41)42-26-9-7-6-8-24(26)37-31(42)30(35)36;/h6-9,21-23,25,30H,10-20H2,1-5H3;1H/t22?,23?,25-;/m0./s1. The number of hydrogen-bond acceptors (Lipinski definition) is 9. The quantitative estimate of drug-likeness (QED) is 0.218. The second-order valence-corrected chi connectivity index (χ2v) is 16.0. The molecule has 1 aliphatic heterocycles. The molecule has 1 N–H and O–H groups in total. The number of fused-ring (bicyclic) bond motifs is 1. The van der Waals surface area contributed by atoms with Gasteiger partial charge in [-0.1, -0.05) is 12.1 Å². The molecule has 0 bridgehead atoms. The Morgan fingerprint density at radius 3 is 2.41 bits per heavy atom. The van der Waals surface area contributed by atoms with E-state index >= 15 is 0 Å². The third kappa shape index (κ3) is 10.8. The van der Waals surface area contributed by atoms with Crippen molar-refractivity contribution in [1.82, 2.24) is 24.8 Å². The third-order valence-electron chi connectivity index (χ3n) is 8.45. The van der Waals surface area contributed by atoms with Gasteiger partial charge in [-0.25, -0.2) is 18.6 Å². The van der Waals surface area contributed by atoms with Gasteiger partial charge in [0, 0.05) is 32.0 Å². The number of nitrogens with zero attached hydrogens (tertiary/aromatic N) is 5. The van der Waals surface area contributed by atoms with Crippen LogP contribution in [0.1, 0.15) is 71.5 Å². The minimum absolute atomic E-state index is 0. The number of alkyl halides is 2. The average Bonchev–Trinajstić information content (AvgIpc) is 3.43. The van der Waals surface area contributed by atoms with Crippen LogP contribution < -0.4 is 38.9 Å². The zero-order valence-corrected chi connectivity index (χ0v) is 31.8.